The van der Waals surface area contributed by atoms with Gasteiger partial charge in [-0.1, -0.05) is 19.1 Å². The number of nitrogens with zero attached hydrogens (tertiary/aromatic N) is 3. The zero-order valence-corrected chi connectivity index (χ0v) is 10.6. The molecule has 0 amide bonds. The van der Waals surface area contributed by atoms with E-state index in [2.05, 4.69) is 45.6 Å². The van der Waals surface area contributed by atoms with Crippen molar-refractivity contribution in [3.8, 4) is 5.69 Å². The molecule has 0 spiro atoms. The van der Waals surface area contributed by atoms with Crippen LogP contribution >= 0.6 is 0 Å². The number of rotatable bonds is 1. The van der Waals surface area contributed by atoms with Crippen LogP contribution in [0.1, 0.15) is 37.2 Å². The fraction of sp³-hybridized carbons (Fsp3) is 0.400. The first-order valence-corrected chi connectivity index (χ1v) is 6.82. The van der Waals surface area contributed by atoms with Crippen molar-refractivity contribution in [3.63, 3.8) is 0 Å². The van der Waals surface area contributed by atoms with Crippen LogP contribution in [-0.2, 0) is 6.42 Å². The Kier molecular flexibility index (Phi) is 2.04. The molecule has 2 aromatic rings. The van der Waals surface area contributed by atoms with Gasteiger partial charge in [-0.05, 0) is 31.4 Å². The normalized spacial score (nSPS) is 20.5. The van der Waals surface area contributed by atoms with Crippen molar-refractivity contribution in [2.75, 3.05) is 11.4 Å². The van der Waals surface area contributed by atoms with Gasteiger partial charge in [0.15, 0.2) is 0 Å². The SMILES string of the molecule is CCc1ncn2c1C1CCCN1c1ccccc1-2. The lowest BCUT2D eigenvalue weighted by Crippen LogP contribution is -2.30. The molecule has 2 aliphatic rings. The molecule has 1 unspecified atom stereocenters. The van der Waals surface area contributed by atoms with Crippen LogP contribution in [0.3, 0.4) is 0 Å². The number of aryl methyl sites for hydroxylation is 1. The summed E-state index contributed by atoms with van der Waals surface area (Å²) >= 11 is 0. The summed E-state index contributed by atoms with van der Waals surface area (Å²) in [6.07, 6.45) is 5.57. The topological polar surface area (TPSA) is 21.1 Å². The van der Waals surface area contributed by atoms with Gasteiger partial charge in [0.1, 0.15) is 0 Å². The van der Waals surface area contributed by atoms with Gasteiger partial charge in [0.25, 0.3) is 0 Å². The number of hydrogen-bond acceptors (Lipinski definition) is 2. The highest BCUT2D eigenvalue weighted by atomic mass is 15.3. The molecular weight excluding hydrogens is 222 g/mol. The smallest absolute Gasteiger partial charge is 0.0999 e. The maximum atomic E-state index is 4.61. The Morgan fingerprint density at radius 2 is 2.11 bits per heavy atom. The van der Waals surface area contributed by atoms with Crippen LogP contribution in [0.5, 0.6) is 0 Å². The molecule has 0 radical (unpaired) electrons. The van der Waals surface area contributed by atoms with Gasteiger partial charge in [-0.15, -0.1) is 0 Å². The van der Waals surface area contributed by atoms with E-state index in [0.717, 1.165) is 6.42 Å². The lowest BCUT2D eigenvalue weighted by Gasteiger charge is -2.35. The van der Waals surface area contributed by atoms with E-state index in [9.17, 15) is 0 Å². The molecule has 1 fully saturated rings. The summed E-state index contributed by atoms with van der Waals surface area (Å²) in [5.41, 5.74) is 5.35. The molecule has 1 aromatic carbocycles. The number of para-hydroxylation sites is 2. The number of imidazole rings is 1. The summed E-state index contributed by atoms with van der Waals surface area (Å²) in [5.74, 6) is 0. The molecule has 3 heterocycles. The van der Waals surface area contributed by atoms with Crippen molar-refractivity contribution in [1.82, 2.24) is 9.55 Å². The van der Waals surface area contributed by atoms with Crippen LogP contribution in [0.25, 0.3) is 5.69 Å². The minimum atomic E-state index is 0.539. The monoisotopic (exact) mass is 239 g/mol. The van der Waals surface area contributed by atoms with Crippen molar-refractivity contribution in [1.29, 1.82) is 0 Å². The molecule has 3 nitrogen and oxygen atoms in total. The van der Waals surface area contributed by atoms with Gasteiger partial charge in [-0.2, -0.15) is 0 Å². The molecule has 0 saturated carbocycles. The van der Waals surface area contributed by atoms with Crippen molar-refractivity contribution in [2.24, 2.45) is 0 Å². The second-order valence-electron chi connectivity index (χ2n) is 5.14. The molecule has 0 N–H and O–H groups in total. The zero-order valence-electron chi connectivity index (χ0n) is 10.6. The number of benzene rings is 1. The Hall–Kier alpha value is -1.77. The van der Waals surface area contributed by atoms with E-state index in [1.165, 1.54) is 42.1 Å². The molecule has 3 heteroatoms. The largest absolute Gasteiger partial charge is 0.361 e. The highest BCUT2D eigenvalue weighted by Gasteiger charge is 2.36. The molecule has 18 heavy (non-hydrogen) atoms. The predicted molar refractivity (Wildman–Crippen MR) is 72.3 cm³/mol. The van der Waals surface area contributed by atoms with Crippen molar-refractivity contribution in [3.05, 3.63) is 42.0 Å². The third-order valence-electron chi connectivity index (χ3n) is 4.24. The Morgan fingerprint density at radius 1 is 1.28 bits per heavy atom. The predicted octanol–water partition coefficient (Wildman–Crippen LogP) is 3.09. The summed E-state index contributed by atoms with van der Waals surface area (Å²) < 4.78 is 2.31. The fourth-order valence-electron chi connectivity index (χ4n) is 3.46. The first-order valence-electron chi connectivity index (χ1n) is 6.82. The van der Waals surface area contributed by atoms with Crippen LogP contribution < -0.4 is 4.90 Å². The van der Waals surface area contributed by atoms with E-state index in [-0.39, 0.29) is 0 Å². The molecule has 1 saturated heterocycles. The Balaban J connectivity index is 2.01. The fourth-order valence-corrected chi connectivity index (χ4v) is 3.46. The van der Waals surface area contributed by atoms with Crippen LogP contribution in [0.2, 0.25) is 0 Å². The minimum absolute atomic E-state index is 0.539. The number of aromatic nitrogens is 2. The van der Waals surface area contributed by atoms with E-state index < -0.39 is 0 Å². The van der Waals surface area contributed by atoms with E-state index in [0.29, 0.717) is 6.04 Å². The van der Waals surface area contributed by atoms with Crippen LogP contribution in [-0.4, -0.2) is 16.1 Å². The number of anilines is 1. The van der Waals surface area contributed by atoms with Gasteiger partial charge < -0.3 is 4.90 Å². The summed E-state index contributed by atoms with van der Waals surface area (Å²) in [6.45, 7) is 3.37. The average molecular weight is 239 g/mol. The molecule has 2 aliphatic heterocycles. The molecule has 1 aromatic heterocycles. The highest BCUT2D eigenvalue weighted by molar-refractivity contribution is 5.68. The van der Waals surface area contributed by atoms with Crippen LogP contribution in [0.15, 0.2) is 30.6 Å². The molecule has 4 rings (SSSR count). The van der Waals surface area contributed by atoms with E-state index in [4.69, 9.17) is 0 Å². The van der Waals surface area contributed by atoms with Gasteiger partial charge in [0.2, 0.25) is 0 Å². The Labute approximate surface area is 107 Å². The maximum absolute atomic E-state index is 4.61. The molecule has 1 atom stereocenters. The van der Waals surface area contributed by atoms with Gasteiger partial charge in [-0.3, -0.25) is 4.57 Å². The first kappa shape index (κ1) is 10.2. The van der Waals surface area contributed by atoms with E-state index in [1.807, 2.05) is 6.33 Å². The van der Waals surface area contributed by atoms with E-state index in [1.54, 1.807) is 0 Å². The lowest BCUT2D eigenvalue weighted by atomic mass is 10.0. The third kappa shape index (κ3) is 1.17. The van der Waals surface area contributed by atoms with Gasteiger partial charge in [0, 0.05) is 6.54 Å². The van der Waals surface area contributed by atoms with Gasteiger partial charge in [-0.25, -0.2) is 4.98 Å². The summed E-state index contributed by atoms with van der Waals surface area (Å²) in [4.78, 5) is 7.17. The standard InChI is InChI=1S/C15H17N3/c1-2-11-15-14-8-5-9-17(14)12-6-3-4-7-13(12)18(15)10-16-11/h3-4,6-7,10,14H,2,5,8-9H2,1H3. The number of fused-ring (bicyclic) bond motifs is 6. The molecular formula is C15H17N3. The highest BCUT2D eigenvalue weighted by Crippen LogP contribution is 2.44. The second kappa shape index (κ2) is 3.61. The van der Waals surface area contributed by atoms with Crippen LogP contribution in [0.4, 0.5) is 5.69 Å². The average Bonchev–Trinajstić information content (AvgIpc) is 3.05. The summed E-state index contributed by atoms with van der Waals surface area (Å²) in [5, 5.41) is 0. The Morgan fingerprint density at radius 3 is 2.94 bits per heavy atom. The Bertz CT molecular complexity index is 600. The number of hydrogen-bond donors (Lipinski definition) is 0. The minimum Gasteiger partial charge on any atom is -0.361 e. The summed E-state index contributed by atoms with van der Waals surface area (Å²) in [7, 11) is 0. The van der Waals surface area contributed by atoms with Gasteiger partial charge >= 0.3 is 0 Å². The van der Waals surface area contributed by atoms with E-state index >= 15 is 0 Å². The quantitative estimate of drug-likeness (QED) is 0.762. The van der Waals surface area contributed by atoms with Crippen LogP contribution in [0, 0.1) is 0 Å². The molecule has 0 aliphatic carbocycles. The second-order valence-corrected chi connectivity index (χ2v) is 5.14. The van der Waals surface area contributed by atoms with Crippen molar-refractivity contribution in [2.45, 2.75) is 32.2 Å². The third-order valence-corrected chi connectivity index (χ3v) is 4.24. The van der Waals surface area contributed by atoms with Gasteiger partial charge in [0.05, 0.1) is 35.1 Å². The summed E-state index contributed by atoms with van der Waals surface area (Å²) in [6, 6.07) is 9.23. The van der Waals surface area contributed by atoms with Crippen molar-refractivity contribution >= 4 is 5.69 Å². The lowest BCUT2D eigenvalue weighted by molar-refractivity contribution is 0.646. The first-order chi connectivity index (χ1) is 8.90. The van der Waals surface area contributed by atoms with Crippen molar-refractivity contribution < 1.29 is 0 Å². The maximum Gasteiger partial charge on any atom is 0.0999 e. The molecule has 0 bridgehead atoms. The zero-order chi connectivity index (χ0) is 12.1. The molecule has 92 valence electrons.